The van der Waals surface area contributed by atoms with Gasteiger partial charge in [-0.05, 0) is 45.4 Å². The van der Waals surface area contributed by atoms with E-state index in [0.717, 1.165) is 11.3 Å². The quantitative estimate of drug-likeness (QED) is 0.465. The molecule has 0 amide bonds. The van der Waals surface area contributed by atoms with Crippen molar-refractivity contribution in [2.24, 2.45) is 0 Å². The number of hydrogen-bond donors (Lipinski definition) is 1. The average Bonchev–Trinajstić information content (AvgIpc) is 3.22. The van der Waals surface area contributed by atoms with Crippen molar-refractivity contribution in [2.75, 3.05) is 6.61 Å². The van der Waals surface area contributed by atoms with Crippen LogP contribution in [0.4, 0.5) is 4.39 Å². The summed E-state index contributed by atoms with van der Waals surface area (Å²) in [6, 6.07) is 5.08. The van der Waals surface area contributed by atoms with Crippen molar-refractivity contribution in [3.63, 3.8) is 0 Å². The Balaban J connectivity index is 1.64. The van der Waals surface area contributed by atoms with Gasteiger partial charge in [0.15, 0.2) is 11.6 Å². The Bertz CT molecular complexity index is 1210. The number of rotatable bonds is 7. The summed E-state index contributed by atoms with van der Waals surface area (Å²) in [7, 11) is 0. The van der Waals surface area contributed by atoms with Crippen molar-refractivity contribution in [1.29, 1.82) is 0 Å². The van der Waals surface area contributed by atoms with Gasteiger partial charge in [-0.1, -0.05) is 0 Å². The third-order valence-electron chi connectivity index (χ3n) is 4.72. The van der Waals surface area contributed by atoms with Crippen LogP contribution < -0.4 is 9.47 Å². The van der Waals surface area contributed by atoms with Gasteiger partial charge in [0.2, 0.25) is 5.88 Å². The molecule has 0 radical (unpaired) electrons. The van der Waals surface area contributed by atoms with Crippen LogP contribution in [0.1, 0.15) is 31.0 Å². The standard InChI is InChI=1S/C21H21FN4O3/c1-12-9-15-16(25-12)6-7-17(19(15)22)29-21-20-14(3)18(10-26(20)24-11-23-21)28-8-4-5-13(2)27/h6-7,9-11,25H,4-5,8H2,1-3H3. The zero-order chi connectivity index (χ0) is 20.5. The zero-order valence-electron chi connectivity index (χ0n) is 16.5. The van der Waals surface area contributed by atoms with Crippen molar-refractivity contribution in [3.8, 4) is 17.4 Å². The van der Waals surface area contributed by atoms with Gasteiger partial charge in [-0.3, -0.25) is 0 Å². The van der Waals surface area contributed by atoms with E-state index in [2.05, 4.69) is 15.1 Å². The first-order valence-electron chi connectivity index (χ1n) is 9.35. The maximum Gasteiger partial charge on any atom is 0.247 e. The van der Waals surface area contributed by atoms with E-state index in [9.17, 15) is 9.18 Å². The number of aryl methyl sites for hydroxylation is 2. The highest BCUT2D eigenvalue weighted by molar-refractivity contribution is 5.83. The average molecular weight is 396 g/mol. The fourth-order valence-electron chi connectivity index (χ4n) is 3.30. The van der Waals surface area contributed by atoms with Gasteiger partial charge in [0, 0.05) is 28.6 Å². The predicted octanol–water partition coefficient (Wildman–Crippen LogP) is 4.51. The number of ether oxygens (including phenoxy) is 2. The predicted molar refractivity (Wildman–Crippen MR) is 106 cm³/mol. The van der Waals surface area contributed by atoms with E-state index < -0.39 is 5.82 Å². The largest absolute Gasteiger partial charge is 0.492 e. The first-order valence-corrected chi connectivity index (χ1v) is 9.35. The number of aromatic nitrogens is 4. The van der Waals surface area contributed by atoms with Gasteiger partial charge in [-0.15, -0.1) is 0 Å². The molecule has 0 saturated heterocycles. The van der Waals surface area contributed by atoms with Crippen LogP contribution in [0.2, 0.25) is 0 Å². The molecule has 1 aromatic carbocycles. The van der Waals surface area contributed by atoms with Crippen molar-refractivity contribution in [2.45, 2.75) is 33.6 Å². The minimum Gasteiger partial charge on any atom is -0.492 e. The summed E-state index contributed by atoms with van der Waals surface area (Å²) in [5, 5.41) is 4.65. The molecule has 29 heavy (non-hydrogen) atoms. The molecule has 0 unspecified atom stereocenters. The molecule has 0 bridgehead atoms. The summed E-state index contributed by atoms with van der Waals surface area (Å²) in [5.74, 6) is 0.623. The van der Waals surface area contributed by atoms with Gasteiger partial charge in [0.1, 0.15) is 23.4 Å². The number of hydrogen-bond acceptors (Lipinski definition) is 5. The Morgan fingerprint density at radius 2 is 2.10 bits per heavy atom. The molecule has 0 aliphatic rings. The second-order valence-corrected chi connectivity index (χ2v) is 7.02. The lowest BCUT2D eigenvalue weighted by Crippen LogP contribution is -2.00. The van der Waals surface area contributed by atoms with Crippen LogP contribution in [0.3, 0.4) is 0 Å². The molecule has 150 valence electrons. The zero-order valence-corrected chi connectivity index (χ0v) is 16.5. The molecule has 3 heterocycles. The lowest BCUT2D eigenvalue weighted by molar-refractivity contribution is -0.117. The molecule has 8 heteroatoms. The topological polar surface area (TPSA) is 81.5 Å². The summed E-state index contributed by atoms with van der Waals surface area (Å²) in [6.45, 7) is 5.71. The van der Waals surface area contributed by atoms with Crippen molar-refractivity contribution in [1.82, 2.24) is 19.6 Å². The Morgan fingerprint density at radius 1 is 1.28 bits per heavy atom. The first kappa shape index (κ1) is 18.9. The van der Waals surface area contributed by atoms with Crippen LogP contribution in [0.25, 0.3) is 16.4 Å². The van der Waals surface area contributed by atoms with E-state index in [1.807, 2.05) is 13.8 Å². The van der Waals surface area contributed by atoms with Gasteiger partial charge in [-0.25, -0.2) is 8.91 Å². The molecule has 3 aromatic heterocycles. The Hall–Kier alpha value is -3.42. The number of nitrogens with one attached hydrogen (secondary N) is 1. The molecular weight excluding hydrogens is 375 g/mol. The van der Waals surface area contributed by atoms with Crippen LogP contribution in [-0.4, -0.2) is 32.0 Å². The number of halogens is 1. The third kappa shape index (κ3) is 3.65. The molecule has 0 atom stereocenters. The number of carbonyl (C=O) groups is 1. The summed E-state index contributed by atoms with van der Waals surface area (Å²) in [6.07, 6.45) is 4.18. The molecule has 0 saturated carbocycles. The van der Waals surface area contributed by atoms with Gasteiger partial charge >= 0.3 is 0 Å². The van der Waals surface area contributed by atoms with Gasteiger partial charge < -0.3 is 19.3 Å². The van der Waals surface area contributed by atoms with Crippen LogP contribution >= 0.6 is 0 Å². The summed E-state index contributed by atoms with van der Waals surface area (Å²) in [5.41, 5.74) is 2.95. The normalized spacial score (nSPS) is 11.3. The maximum atomic E-state index is 14.9. The molecular formula is C21H21FN4O3. The molecule has 4 aromatic rings. The van der Waals surface area contributed by atoms with Crippen LogP contribution in [0, 0.1) is 19.7 Å². The van der Waals surface area contributed by atoms with Crippen molar-refractivity contribution >= 4 is 22.2 Å². The molecule has 0 fully saturated rings. The fraction of sp³-hybridized carbons (Fsp3) is 0.286. The number of Topliss-reactive ketones (excluding diaryl/α,β-unsaturated/α-hetero) is 1. The first-order chi connectivity index (χ1) is 13.9. The Labute approximate surface area is 166 Å². The lowest BCUT2D eigenvalue weighted by Gasteiger charge is -2.08. The monoisotopic (exact) mass is 396 g/mol. The molecule has 1 N–H and O–H groups in total. The SMILES string of the molecule is CC(=O)CCCOc1cn2ncnc(Oc3ccc4[nH]c(C)cc4c3F)c2c1C. The molecule has 7 nitrogen and oxygen atoms in total. The second-order valence-electron chi connectivity index (χ2n) is 7.02. The maximum absolute atomic E-state index is 14.9. The van der Waals surface area contributed by atoms with Gasteiger partial charge in [-0.2, -0.15) is 10.1 Å². The molecule has 0 aliphatic heterocycles. The van der Waals surface area contributed by atoms with Crippen LogP contribution in [-0.2, 0) is 4.79 Å². The van der Waals surface area contributed by atoms with E-state index in [-0.39, 0.29) is 17.4 Å². The van der Waals surface area contributed by atoms with Gasteiger partial charge in [0.25, 0.3) is 0 Å². The van der Waals surface area contributed by atoms with E-state index in [0.29, 0.717) is 41.6 Å². The summed E-state index contributed by atoms with van der Waals surface area (Å²) in [4.78, 5) is 18.4. The summed E-state index contributed by atoms with van der Waals surface area (Å²) < 4.78 is 28.1. The number of aromatic amines is 1. The van der Waals surface area contributed by atoms with E-state index in [4.69, 9.17) is 9.47 Å². The van der Waals surface area contributed by atoms with E-state index in [1.165, 1.54) is 6.33 Å². The van der Waals surface area contributed by atoms with E-state index >= 15 is 0 Å². The van der Waals surface area contributed by atoms with Crippen LogP contribution in [0.15, 0.2) is 30.7 Å². The lowest BCUT2D eigenvalue weighted by atomic mass is 10.2. The number of ketones is 1. The second kappa shape index (κ2) is 7.54. The van der Waals surface area contributed by atoms with Gasteiger partial charge in [0.05, 0.1) is 12.8 Å². The Morgan fingerprint density at radius 3 is 2.90 bits per heavy atom. The Kier molecular flexibility index (Phi) is 4.92. The van der Waals surface area contributed by atoms with E-state index in [1.54, 1.807) is 35.8 Å². The molecule has 4 rings (SSSR count). The number of benzene rings is 1. The van der Waals surface area contributed by atoms with Crippen molar-refractivity contribution in [3.05, 3.63) is 47.8 Å². The third-order valence-corrected chi connectivity index (χ3v) is 4.72. The van der Waals surface area contributed by atoms with Crippen LogP contribution in [0.5, 0.6) is 17.4 Å². The highest BCUT2D eigenvalue weighted by Gasteiger charge is 2.18. The highest BCUT2D eigenvalue weighted by Crippen LogP contribution is 2.34. The highest BCUT2D eigenvalue weighted by atomic mass is 19.1. The molecule has 0 spiro atoms. The fourth-order valence-corrected chi connectivity index (χ4v) is 3.30. The number of H-pyrrole nitrogens is 1. The minimum absolute atomic E-state index is 0.0848. The molecule has 0 aliphatic carbocycles. The van der Waals surface area contributed by atoms with Crippen molar-refractivity contribution < 1.29 is 18.7 Å². The minimum atomic E-state index is -0.450. The summed E-state index contributed by atoms with van der Waals surface area (Å²) >= 11 is 0. The number of nitrogens with zero attached hydrogens (tertiary/aromatic N) is 3. The number of carbonyl (C=O) groups excluding carboxylic acids is 1. The number of fused-ring (bicyclic) bond motifs is 2. The smallest absolute Gasteiger partial charge is 0.247 e.